The number of ether oxygens (including phenoxy) is 1. The normalized spacial score (nSPS) is 13.3. The Balaban J connectivity index is 1.64. The second kappa shape index (κ2) is 8.37. The molecule has 0 atom stereocenters. The van der Waals surface area contributed by atoms with Crippen molar-refractivity contribution in [3.05, 3.63) is 71.4 Å². The lowest BCUT2D eigenvalue weighted by molar-refractivity contribution is -0.274. The number of fused-ring (bicyclic) bond motifs is 1. The van der Waals surface area contributed by atoms with Crippen LogP contribution in [0.1, 0.15) is 25.7 Å². The number of pyridine rings is 2. The van der Waals surface area contributed by atoms with E-state index in [1.165, 1.54) is 16.8 Å². The van der Waals surface area contributed by atoms with Crippen molar-refractivity contribution in [2.45, 2.75) is 19.8 Å². The van der Waals surface area contributed by atoms with Crippen LogP contribution >= 0.6 is 0 Å². The van der Waals surface area contributed by atoms with Crippen LogP contribution in [0.2, 0.25) is 0 Å². The van der Waals surface area contributed by atoms with Gasteiger partial charge in [-0.25, -0.2) is 8.91 Å². The summed E-state index contributed by atoms with van der Waals surface area (Å²) in [6.45, 7) is -3.31. The molecular weight excluding hydrogens is 444 g/mol. The summed E-state index contributed by atoms with van der Waals surface area (Å²) in [5.41, 5.74) is 5.73. The Morgan fingerprint density at radius 2 is 2.06 bits per heavy atom. The van der Waals surface area contributed by atoms with Crippen molar-refractivity contribution in [1.29, 1.82) is 0 Å². The molecule has 3 aromatic heterocycles. The molecule has 1 amide bonds. The average molecular weight is 463 g/mol. The lowest BCUT2D eigenvalue weighted by Gasteiger charge is -2.12. The van der Waals surface area contributed by atoms with Gasteiger partial charge in [-0.3, -0.25) is 9.78 Å². The highest BCUT2D eigenvalue weighted by molar-refractivity contribution is 5.96. The van der Waals surface area contributed by atoms with E-state index < -0.39 is 42.9 Å². The first-order valence-corrected chi connectivity index (χ1v) is 9.25. The van der Waals surface area contributed by atoms with Crippen molar-refractivity contribution in [1.82, 2.24) is 24.9 Å². The van der Waals surface area contributed by atoms with Crippen LogP contribution in [-0.4, -0.2) is 31.9 Å². The molecule has 3 N–H and O–H groups in total. The third-order valence-corrected chi connectivity index (χ3v) is 4.51. The van der Waals surface area contributed by atoms with E-state index in [9.17, 15) is 22.4 Å². The Morgan fingerprint density at radius 1 is 1.24 bits per heavy atom. The summed E-state index contributed by atoms with van der Waals surface area (Å²) in [5.74, 6) is -2.46. The number of amides is 1. The molecule has 33 heavy (non-hydrogen) atoms. The Labute approximate surface area is 188 Å². The van der Waals surface area contributed by atoms with Crippen LogP contribution in [0.5, 0.6) is 5.75 Å². The fourth-order valence-corrected chi connectivity index (χ4v) is 3.03. The number of carbonyl (C=O) groups is 1. The van der Waals surface area contributed by atoms with Crippen LogP contribution in [0, 0.1) is 12.7 Å². The van der Waals surface area contributed by atoms with Gasteiger partial charge in [-0.05, 0) is 48.8 Å². The standard InChI is InChI=1S/C21H16F4N6O2/c1-11-16(7-13(9-27-11)12-4-5-31-18(8-12)29-20(26)30-31)19(32)28-10-14-6-15(2-3-17(14)22)33-21(23,24)25/h2-9H,10H2,1H3,(H2,26,30)(H,28,32)/i1D3. The number of nitrogen functional groups attached to an aromatic ring is 1. The maximum atomic E-state index is 14.1. The molecule has 0 aliphatic carbocycles. The van der Waals surface area contributed by atoms with Gasteiger partial charge in [0, 0.05) is 34.2 Å². The zero-order valence-corrected chi connectivity index (χ0v) is 16.5. The zero-order chi connectivity index (χ0) is 26.3. The van der Waals surface area contributed by atoms with E-state index >= 15 is 0 Å². The number of carbonyl (C=O) groups excluding carboxylic acids is 1. The Bertz CT molecular complexity index is 1460. The van der Waals surface area contributed by atoms with Crippen LogP contribution in [-0.2, 0) is 6.54 Å². The highest BCUT2D eigenvalue weighted by Crippen LogP contribution is 2.25. The summed E-state index contributed by atoms with van der Waals surface area (Å²) in [7, 11) is 0. The summed E-state index contributed by atoms with van der Waals surface area (Å²) < 4.78 is 79.8. The quantitative estimate of drug-likeness (QED) is 0.438. The molecule has 0 aliphatic rings. The third kappa shape index (κ3) is 5.00. The Hall–Kier alpha value is -4.22. The second-order valence-corrected chi connectivity index (χ2v) is 6.79. The van der Waals surface area contributed by atoms with Crippen molar-refractivity contribution < 1.29 is 31.2 Å². The smallest absolute Gasteiger partial charge is 0.406 e. The van der Waals surface area contributed by atoms with E-state index in [0.29, 0.717) is 16.8 Å². The van der Waals surface area contributed by atoms with E-state index in [4.69, 9.17) is 9.85 Å². The molecule has 0 bridgehead atoms. The zero-order valence-electron chi connectivity index (χ0n) is 19.5. The van der Waals surface area contributed by atoms with Gasteiger partial charge >= 0.3 is 6.36 Å². The molecule has 4 aromatic rings. The minimum Gasteiger partial charge on any atom is -0.406 e. The van der Waals surface area contributed by atoms with E-state index in [-0.39, 0.29) is 17.1 Å². The molecule has 8 nitrogen and oxygen atoms in total. The Kier molecular flexibility index (Phi) is 4.66. The number of hydrogen-bond donors (Lipinski definition) is 2. The number of alkyl halides is 3. The molecule has 0 unspecified atom stereocenters. The highest BCUT2D eigenvalue weighted by atomic mass is 19.4. The molecular formula is C21H16F4N6O2. The molecule has 0 aliphatic heterocycles. The van der Waals surface area contributed by atoms with Crippen LogP contribution < -0.4 is 15.8 Å². The molecule has 0 radical (unpaired) electrons. The maximum Gasteiger partial charge on any atom is 0.573 e. The van der Waals surface area contributed by atoms with Crippen LogP contribution in [0.15, 0.2) is 48.8 Å². The van der Waals surface area contributed by atoms with E-state index in [2.05, 4.69) is 25.1 Å². The number of hydrogen-bond acceptors (Lipinski definition) is 6. The first-order chi connectivity index (χ1) is 16.8. The molecule has 12 heteroatoms. The minimum absolute atomic E-state index is 0.0417. The number of aromatic nitrogens is 4. The SMILES string of the molecule is [2H]C([2H])([2H])c1ncc(-c2ccn3nc(N)nc3c2)cc1C(=O)NCc1cc(OC(F)(F)F)ccc1F. The predicted molar refractivity (Wildman–Crippen MR) is 110 cm³/mol. The highest BCUT2D eigenvalue weighted by Gasteiger charge is 2.31. The van der Waals surface area contributed by atoms with Crippen molar-refractivity contribution in [3.63, 3.8) is 0 Å². The predicted octanol–water partition coefficient (Wildman–Crippen LogP) is 3.65. The van der Waals surface area contributed by atoms with Gasteiger partial charge in [0.2, 0.25) is 5.95 Å². The second-order valence-electron chi connectivity index (χ2n) is 6.79. The van der Waals surface area contributed by atoms with Crippen molar-refractivity contribution in [3.8, 4) is 16.9 Å². The van der Waals surface area contributed by atoms with Gasteiger partial charge in [-0.2, -0.15) is 4.98 Å². The van der Waals surface area contributed by atoms with Crippen molar-refractivity contribution in [2.24, 2.45) is 0 Å². The number of nitrogens with two attached hydrogens (primary N) is 1. The lowest BCUT2D eigenvalue weighted by atomic mass is 10.0. The third-order valence-electron chi connectivity index (χ3n) is 4.51. The monoisotopic (exact) mass is 463 g/mol. The number of aryl methyl sites for hydroxylation is 1. The van der Waals surface area contributed by atoms with E-state index in [0.717, 1.165) is 18.2 Å². The number of anilines is 1. The van der Waals surface area contributed by atoms with Gasteiger partial charge in [0.05, 0.1) is 11.3 Å². The number of rotatable bonds is 5. The van der Waals surface area contributed by atoms with Gasteiger partial charge in [0.15, 0.2) is 5.65 Å². The lowest BCUT2D eigenvalue weighted by Crippen LogP contribution is -2.24. The minimum atomic E-state index is -4.99. The number of nitrogens with zero attached hydrogens (tertiary/aromatic N) is 4. The summed E-state index contributed by atoms with van der Waals surface area (Å²) in [5, 5.41) is 6.27. The number of halogens is 4. The molecule has 0 saturated heterocycles. The topological polar surface area (TPSA) is 107 Å². The van der Waals surface area contributed by atoms with Crippen LogP contribution in [0.25, 0.3) is 16.8 Å². The summed E-state index contributed by atoms with van der Waals surface area (Å²) in [6.07, 6.45) is -2.16. The van der Waals surface area contributed by atoms with Gasteiger partial charge < -0.3 is 15.8 Å². The van der Waals surface area contributed by atoms with E-state index in [1.807, 2.05) is 0 Å². The van der Waals surface area contributed by atoms with Crippen LogP contribution in [0.4, 0.5) is 23.5 Å². The summed E-state index contributed by atoms with van der Waals surface area (Å²) in [4.78, 5) is 20.9. The van der Waals surface area contributed by atoms with Crippen LogP contribution in [0.3, 0.4) is 0 Å². The van der Waals surface area contributed by atoms with E-state index in [1.54, 1.807) is 18.3 Å². The molecule has 3 heterocycles. The molecule has 0 saturated carbocycles. The molecule has 0 spiro atoms. The Morgan fingerprint density at radius 3 is 2.82 bits per heavy atom. The summed E-state index contributed by atoms with van der Waals surface area (Å²) >= 11 is 0. The van der Waals surface area contributed by atoms with Crippen molar-refractivity contribution >= 4 is 17.5 Å². The largest absolute Gasteiger partial charge is 0.573 e. The summed E-state index contributed by atoms with van der Waals surface area (Å²) in [6, 6.07) is 6.83. The molecule has 0 fully saturated rings. The number of nitrogens with one attached hydrogen (secondary N) is 1. The van der Waals surface area contributed by atoms with Crippen molar-refractivity contribution in [2.75, 3.05) is 5.73 Å². The van der Waals surface area contributed by atoms with Gasteiger partial charge in [-0.1, -0.05) is 0 Å². The van der Waals surface area contributed by atoms with Gasteiger partial charge in [0.1, 0.15) is 11.6 Å². The van der Waals surface area contributed by atoms with Gasteiger partial charge in [-0.15, -0.1) is 18.3 Å². The number of benzene rings is 1. The molecule has 1 aromatic carbocycles. The first kappa shape index (κ1) is 18.4. The van der Waals surface area contributed by atoms with Gasteiger partial charge in [0.25, 0.3) is 5.91 Å². The fraction of sp³-hybridized carbons (Fsp3) is 0.143. The molecule has 170 valence electrons. The molecule has 4 rings (SSSR count). The maximum absolute atomic E-state index is 14.1. The average Bonchev–Trinajstić information content (AvgIpc) is 3.16. The fourth-order valence-electron chi connectivity index (χ4n) is 3.03. The first-order valence-electron chi connectivity index (χ1n) is 10.8.